The predicted octanol–water partition coefficient (Wildman–Crippen LogP) is 3.95. The third-order valence-electron chi connectivity index (χ3n) is 4.54. The first-order valence-corrected chi connectivity index (χ1v) is 9.70. The van der Waals surface area contributed by atoms with Crippen molar-refractivity contribution >= 4 is 11.3 Å². The molecule has 1 aliphatic heterocycles. The molecule has 1 aliphatic rings. The van der Waals surface area contributed by atoms with Crippen LogP contribution in [0.3, 0.4) is 0 Å². The Kier molecular flexibility index (Phi) is 6.24. The number of hydrogen-bond donors (Lipinski definition) is 1. The molecule has 1 atom stereocenters. The van der Waals surface area contributed by atoms with E-state index in [1.54, 1.807) is 11.3 Å². The molecule has 1 aromatic heterocycles. The molecule has 0 bridgehead atoms. The van der Waals surface area contributed by atoms with Crippen molar-refractivity contribution in [3.05, 3.63) is 35.3 Å². The molecule has 0 radical (unpaired) electrons. The summed E-state index contributed by atoms with van der Waals surface area (Å²) in [5.41, 5.74) is 2.27. The summed E-state index contributed by atoms with van der Waals surface area (Å²) >= 11 is 1.70. The third kappa shape index (κ3) is 4.35. The molecule has 0 saturated carbocycles. The maximum atomic E-state index is 9.27. The Morgan fingerprint density at radius 2 is 2.12 bits per heavy atom. The Hall–Kier alpha value is -1.43. The van der Waals surface area contributed by atoms with Crippen LogP contribution in [-0.2, 0) is 6.54 Å². The van der Waals surface area contributed by atoms with Gasteiger partial charge in [-0.15, -0.1) is 11.3 Å². The van der Waals surface area contributed by atoms with Crippen LogP contribution in [0.4, 0.5) is 0 Å². The Balaban J connectivity index is 1.66. The van der Waals surface area contributed by atoms with E-state index in [4.69, 9.17) is 9.72 Å². The number of ether oxygens (including phenoxy) is 1. The Labute approximate surface area is 148 Å². The van der Waals surface area contributed by atoms with Gasteiger partial charge in [-0.25, -0.2) is 4.98 Å². The quantitative estimate of drug-likeness (QED) is 0.825. The minimum Gasteiger partial charge on any atom is -0.494 e. The first-order chi connectivity index (χ1) is 11.8. The molecule has 5 heteroatoms. The number of nitrogens with zero attached hydrogens (tertiary/aromatic N) is 2. The highest BCUT2D eigenvalue weighted by Crippen LogP contribution is 2.28. The first-order valence-electron chi connectivity index (χ1n) is 8.82. The number of aliphatic hydroxyl groups is 1. The van der Waals surface area contributed by atoms with Crippen molar-refractivity contribution in [2.24, 2.45) is 0 Å². The van der Waals surface area contributed by atoms with Crippen LogP contribution >= 0.6 is 11.3 Å². The lowest BCUT2D eigenvalue weighted by Gasteiger charge is -2.35. The number of thiazole rings is 1. The van der Waals surface area contributed by atoms with E-state index < -0.39 is 0 Å². The second-order valence-electron chi connectivity index (χ2n) is 6.23. The van der Waals surface area contributed by atoms with Crippen LogP contribution in [0.1, 0.15) is 38.3 Å². The fourth-order valence-corrected chi connectivity index (χ4v) is 4.14. The molecular formula is C19H26N2O2S. The summed E-state index contributed by atoms with van der Waals surface area (Å²) in [4.78, 5) is 7.30. The van der Waals surface area contributed by atoms with Gasteiger partial charge < -0.3 is 9.84 Å². The third-order valence-corrected chi connectivity index (χ3v) is 5.48. The van der Waals surface area contributed by atoms with Crippen molar-refractivity contribution in [3.63, 3.8) is 0 Å². The lowest BCUT2D eigenvalue weighted by Crippen LogP contribution is -2.39. The molecule has 1 fully saturated rings. The Morgan fingerprint density at radius 1 is 1.29 bits per heavy atom. The molecule has 1 aromatic carbocycles. The van der Waals surface area contributed by atoms with Gasteiger partial charge in [-0.2, -0.15) is 0 Å². The van der Waals surface area contributed by atoms with Crippen LogP contribution < -0.4 is 4.74 Å². The summed E-state index contributed by atoms with van der Waals surface area (Å²) in [6.07, 6.45) is 4.58. The monoisotopic (exact) mass is 346 g/mol. The van der Waals surface area contributed by atoms with Gasteiger partial charge in [-0.05, 0) is 57.0 Å². The normalized spacial score (nSPS) is 18.7. The van der Waals surface area contributed by atoms with Gasteiger partial charge in [-0.1, -0.05) is 6.42 Å². The van der Waals surface area contributed by atoms with Gasteiger partial charge in [0.25, 0.3) is 0 Å². The molecule has 0 amide bonds. The van der Waals surface area contributed by atoms with Crippen LogP contribution in [0.5, 0.6) is 5.75 Å². The standard InChI is InChI=1S/C19H26N2O2S/c1-2-23-18-8-6-15(7-9-18)19-20-16(14-24-19)13-21-11-4-3-5-17(21)10-12-22/h6-9,14,17,22H,2-5,10-13H2,1H3/t17-/m0/s1. The van der Waals surface area contributed by atoms with Crippen molar-refractivity contribution in [1.82, 2.24) is 9.88 Å². The highest BCUT2D eigenvalue weighted by molar-refractivity contribution is 7.13. The summed E-state index contributed by atoms with van der Waals surface area (Å²) in [5.74, 6) is 0.901. The number of aliphatic hydroxyl groups excluding tert-OH is 1. The zero-order valence-corrected chi connectivity index (χ0v) is 15.1. The van der Waals surface area contributed by atoms with Gasteiger partial charge in [0.1, 0.15) is 10.8 Å². The zero-order chi connectivity index (χ0) is 16.8. The van der Waals surface area contributed by atoms with Crippen LogP contribution in [0, 0.1) is 0 Å². The number of piperidine rings is 1. The summed E-state index contributed by atoms with van der Waals surface area (Å²) in [6.45, 7) is 4.95. The van der Waals surface area contributed by atoms with Crippen molar-refractivity contribution in [2.45, 2.75) is 45.2 Å². The van der Waals surface area contributed by atoms with Gasteiger partial charge in [-0.3, -0.25) is 4.90 Å². The van der Waals surface area contributed by atoms with Gasteiger partial charge in [0, 0.05) is 30.1 Å². The fraction of sp³-hybridized carbons (Fsp3) is 0.526. The van der Waals surface area contributed by atoms with Crippen LogP contribution in [0.2, 0.25) is 0 Å². The average molecular weight is 346 g/mol. The van der Waals surface area contributed by atoms with E-state index in [9.17, 15) is 5.11 Å². The molecule has 1 saturated heterocycles. The average Bonchev–Trinajstić information content (AvgIpc) is 3.06. The smallest absolute Gasteiger partial charge is 0.123 e. The Bertz CT molecular complexity index is 625. The van der Waals surface area contributed by atoms with Crippen molar-refractivity contribution in [3.8, 4) is 16.3 Å². The van der Waals surface area contributed by atoms with Crippen molar-refractivity contribution in [2.75, 3.05) is 19.8 Å². The molecule has 0 spiro atoms. The molecule has 24 heavy (non-hydrogen) atoms. The number of aromatic nitrogens is 1. The summed E-state index contributed by atoms with van der Waals surface area (Å²) in [5, 5.41) is 12.5. The van der Waals surface area contributed by atoms with Crippen LogP contribution in [0.15, 0.2) is 29.6 Å². The summed E-state index contributed by atoms with van der Waals surface area (Å²) < 4.78 is 5.49. The maximum Gasteiger partial charge on any atom is 0.123 e. The number of benzene rings is 1. The van der Waals surface area contributed by atoms with E-state index in [1.165, 1.54) is 19.3 Å². The first kappa shape index (κ1) is 17.4. The fourth-order valence-electron chi connectivity index (χ4n) is 3.32. The second-order valence-corrected chi connectivity index (χ2v) is 7.09. The van der Waals surface area contributed by atoms with E-state index >= 15 is 0 Å². The lowest BCUT2D eigenvalue weighted by atomic mass is 9.99. The molecule has 0 unspecified atom stereocenters. The van der Waals surface area contributed by atoms with E-state index in [1.807, 2.05) is 19.1 Å². The van der Waals surface area contributed by atoms with Crippen molar-refractivity contribution < 1.29 is 9.84 Å². The largest absolute Gasteiger partial charge is 0.494 e. The minimum atomic E-state index is 0.273. The van der Waals surface area contributed by atoms with Crippen LogP contribution in [-0.4, -0.2) is 40.8 Å². The number of rotatable bonds is 7. The molecule has 3 rings (SSSR count). The topological polar surface area (TPSA) is 45.6 Å². The molecule has 1 N–H and O–H groups in total. The molecule has 4 nitrogen and oxygen atoms in total. The van der Waals surface area contributed by atoms with Crippen molar-refractivity contribution in [1.29, 1.82) is 0 Å². The minimum absolute atomic E-state index is 0.273. The molecule has 0 aliphatic carbocycles. The van der Waals surface area contributed by atoms with E-state index in [0.717, 1.165) is 41.5 Å². The SMILES string of the molecule is CCOc1ccc(-c2nc(CN3CCCC[C@H]3CCO)cs2)cc1. The second kappa shape index (κ2) is 8.60. The van der Waals surface area contributed by atoms with Gasteiger partial charge in [0.05, 0.1) is 12.3 Å². The maximum absolute atomic E-state index is 9.27. The van der Waals surface area contributed by atoms with Crippen LogP contribution in [0.25, 0.3) is 10.6 Å². The zero-order valence-electron chi connectivity index (χ0n) is 14.3. The number of hydrogen-bond acceptors (Lipinski definition) is 5. The Morgan fingerprint density at radius 3 is 2.88 bits per heavy atom. The lowest BCUT2D eigenvalue weighted by molar-refractivity contribution is 0.111. The van der Waals surface area contributed by atoms with E-state index in [0.29, 0.717) is 12.6 Å². The number of likely N-dealkylation sites (tertiary alicyclic amines) is 1. The van der Waals surface area contributed by atoms with E-state index in [-0.39, 0.29) is 6.61 Å². The van der Waals surface area contributed by atoms with Gasteiger partial charge in [0.15, 0.2) is 0 Å². The summed E-state index contributed by atoms with van der Waals surface area (Å²) in [7, 11) is 0. The highest BCUT2D eigenvalue weighted by atomic mass is 32.1. The van der Waals surface area contributed by atoms with Gasteiger partial charge >= 0.3 is 0 Å². The highest BCUT2D eigenvalue weighted by Gasteiger charge is 2.22. The predicted molar refractivity (Wildman–Crippen MR) is 98.5 cm³/mol. The molecule has 2 aromatic rings. The van der Waals surface area contributed by atoms with Gasteiger partial charge in [0.2, 0.25) is 0 Å². The molecular weight excluding hydrogens is 320 g/mol. The van der Waals surface area contributed by atoms with E-state index in [2.05, 4.69) is 22.4 Å². The molecule has 2 heterocycles. The summed E-state index contributed by atoms with van der Waals surface area (Å²) in [6, 6.07) is 8.65. The molecule has 130 valence electrons.